The molecule has 0 heterocycles. The molecule has 8 nitrogen and oxygen atoms in total. The molecule has 0 saturated heterocycles. The maximum Gasteiger partial charge on any atom is 0.338 e. The lowest BCUT2D eigenvalue weighted by molar-refractivity contribution is -0.127. The van der Waals surface area contributed by atoms with Crippen LogP contribution in [0.3, 0.4) is 0 Å². The number of benzene rings is 1. The number of nitrogens with one attached hydrogen (secondary N) is 2. The zero-order valence-corrected chi connectivity index (χ0v) is 11.9. The largest absolute Gasteiger partial charge is 0.495 e. The normalized spacial score (nSPS) is 11.2. The number of urea groups is 1. The van der Waals surface area contributed by atoms with Crippen molar-refractivity contribution in [2.45, 2.75) is 13.0 Å². The van der Waals surface area contributed by atoms with Gasteiger partial charge in [-0.3, -0.25) is 10.1 Å². The first-order valence-corrected chi connectivity index (χ1v) is 6.06. The fraction of sp³-hybridized carbons (Fsp3) is 0.308. The molecule has 1 atom stereocenters. The second-order valence-corrected chi connectivity index (χ2v) is 4.07. The molecule has 114 valence electrons. The highest BCUT2D eigenvalue weighted by molar-refractivity contribution is 5.98. The predicted octanol–water partition coefficient (Wildman–Crippen LogP) is 0.278. The summed E-state index contributed by atoms with van der Waals surface area (Å²) in [5, 5.41) is 4.22. The summed E-state index contributed by atoms with van der Waals surface area (Å²) in [4.78, 5) is 34.4. The van der Waals surface area contributed by atoms with Gasteiger partial charge in [-0.1, -0.05) is 0 Å². The number of nitrogens with two attached hydrogens (primary N) is 1. The van der Waals surface area contributed by atoms with Gasteiger partial charge < -0.3 is 20.5 Å². The third-order valence-corrected chi connectivity index (χ3v) is 2.58. The molecule has 1 rings (SSSR count). The summed E-state index contributed by atoms with van der Waals surface area (Å²) < 4.78 is 9.91. The minimum Gasteiger partial charge on any atom is -0.495 e. The third-order valence-electron chi connectivity index (χ3n) is 2.58. The maximum absolute atomic E-state index is 11.9. The molecule has 21 heavy (non-hydrogen) atoms. The smallest absolute Gasteiger partial charge is 0.338 e. The molecule has 1 aromatic carbocycles. The Bertz CT molecular complexity index is 559. The number of anilines is 1. The Balaban J connectivity index is 2.70. The lowest BCUT2D eigenvalue weighted by Gasteiger charge is -2.13. The summed E-state index contributed by atoms with van der Waals surface area (Å²) in [7, 11) is 2.81. The highest BCUT2D eigenvalue weighted by Crippen LogP contribution is 2.22. The number of hydrogen-bond acceptors (Lipinski definition) is 6. The van der Waals surface area contributed by atoms with Crippen molar-refractivity contribution in [3.8, 4) is 5.75 Å². The van der Waals surface area contributed by atoms with Gasteiger partial charge in [0.25, 0.3) is 5.91 Å². The molecule has 0 bridgehead atoms. The van der Waals surface area contributed by atoms with Crippen LogP contribution in [0.15, 0.2) is 18.2 Å². The molecule has 4 N–H and O–H groups in total. The number of ether oxygens (including phenoxy) is 2. The van der Waals surface area contributed by atoms with Gasteiger partial charge in [0, 0.05) is 7.05 Å². The highest BCUT2D eigenvalue weighted by atomic mass is 16.5. The zero-order valence-electron chi connectivity index (χ0n) is 11.9. The van der Waals surface area contributed by atoms with Crippen molar-refractivity contribution in [3.63, 3.8) is 0 Å². The zero-order chi connectivity index (χ0) is 16.0. The van der Waals surface area contributed by atoms with E-state index in [0.29, 0.717) is 5.75 Å². The number of methoxy groups -OCH3 is 1. The predicted molar refractivity (Wildman–Crippen MR) is 74.9 cm³/mol. The van der Waals surface area contributed by atoms with Crippen molar-refractivity contribution in [1.82, 2.24) is 10.6 Å². The minimum atomic E-state index is -1.13. The monoisotopic (exact) mass is 295 g/mol. The average molecular weight is 295 g/mol. The van der Waals surface area contributed by atoms with Crippen LogP contribution in [0.4, 0.5) is 10.5 Å². The van der Waals surface area contributed by atoms with Gasteiger partial charge >= 0.3 is 12.0 Å². The summed E-state index contributed by atoms with van der Waals surface area (Å²) in [6.45, 7) is 1.35. The maximum atomic E-state index is 11.9. The van der Waals surface area contributed by atoms with Crippen LogP contribution < -0.4 is 21.1 Å². The molecule has 0 spiro atoms. The number of rotatable bonds is 4. The SMILES string of the molecule is CNC(=O)NC(=O)C(C)OC(=O)c1ccc(OC)c(N)c1. The molecule has 8 heteroatoms. The molecule has 1 unspecified atom stereocenters. The Hall–Kier alpha value is -2.77. The van der Waals surface area contributed by atoms with Crippen molar-refractivity contribution in [2.75, 3.05) is 19.9 Å². The van der Waals surface area contributed by atoms with Crippen LogP contribution in [0.1, 0.15) is 17.3 Å². The van der Waals surface area contributed by atoms with Crippen molar-refractivity contribution in [2.24, 2.45) is 0 Å². The van der Waals surface area contributed by atoms with E-state index in [1.165, 1.54) is 39.3 Å². The molecule has 0 saturated carbocycles. The number of carbonyl (C=O) groups is 3. The Labute approximate surface area is 121 Å². The van der Waals surface area contributed by atoms with E-state index in [2.05, 4.69) is 5.32 Å². The summed E-state index contributed by atoms with van der Waals surface area (Å²) in [6, 6.07) is 3.67. The molecule has 1 aromatic rings. The van der Waals surface area contributed by atoms with Gasteiger partial charge in [-0.25, -0.2) is 9.59 Å². The Morgan fingerprint density at radius 2 is 1.95 bits per heavy atom. The second kappa shape index (κ2) is 7.13. The molecular weight excluding hydrogens is 278 g/mol. The van der Waals surface area contributed by atoms with E-state index in [1.54, 1.807) is 0 Å². The van der Waals surface area contributed by atoms with Gasteiger partial charge in [0.1, 0.15) is 5.75 Å². The van der Waals surface area contributed by atoms with Gasteiger partial charge in [0.2, 0.25) is 0 Å². The van der Waals surface area contributed by atoms with Crippen molar-refractivity contribution in [1.29, 1.82) is 0 Å². The van der Waals surface area contributed by atoms with Crippen molar-refractivity contribution >= 4 is 23.6 Å². The number of amides is 3. The topological polar surface area (TPSA) is 120 Å². The number of nitrogen functional groups attached to an aromatic ring is 1. The van der Waals surface area contributed by atoms with E-state index < -0.39 is 24.0 Å². The van der Waals surface area contributed by atoms with Gasteiger partial charge in [-0.05, 0) is 25.1 Å². The number of esters is 1. The first-order chi connectivity index (χ1) is 9.88. The van der Waals surface area contributed by atoms with Gasteiger partial charge in [-0.15, -0.1) is 0 Å². The lowest BCUT2D eigenvalue weighted by atomic mass is 10.2. The summed E-state index contributed by atoms with van der Waals surface area (Å²) in [5.41, 5.74) is 6.13. The average Bonchev–Trinajstić information content (AvgIpc) is 2.46. The van der Waals surface area contributed by atoms with Crippen LogP contribution in [-0.4, -0.2) is 38.2 Å². The molecule has 0 aliphatic heterocycles. The fourth-order valence-corrected chi connectivity index (χ4v) is 1.42. The van der Waals surface area contributed by atoms with Gasteiger partial charge in [0.05, 0.1) is 18.4 Å². The molecular formula is C13H17N3O5. The van der Waals surface area contributed by atoms with Crippen molar-refractivity contribution < 1.29 is 23.9 Å². The van der Waals surface area contributed by atoms with Crippen molar-refractivity contribution in [3.05, 3.63) is 23.8 Å². The van der Waals surface area contributed by atoms with Crippen LogP contribution >= 0.6 is 0 Å². The quantitative estimate of drug-likeness (QED) is 0.542. The molecule has 0 fully saturated rings. The Morgan fingerprint density at radius 3 is 2.48 bits per heavy atom. The molecule has 0 aliphatic rings. The highest BCUT2D eigenvalue weighted by Gasteiger charge is 2.20. The third kappa shape index (κ3) is 4.37. The Kier molecular flexibility index (Phi) is 5.53. The fourth-order valence-electron chi connectivity index (χ4n) is 1.42. The van der Waals surface area contributed by atoms with E-state index >= 15 is 0 Å². The van der Waals surface area contributed by atoms with Crippen LogP contribution in [0.2, 0.25) is 0 Å². The van der Waals surface area contributed by atoms with Gasteiger partial charge in [-0.2, -0.15) is 0 Å². The van der Waals surface area contributed by atoms with E-state index in [4.69, 9.17) is 15.2 Å². The van der Waals surface area contributed by atoms with Crippen LogP contribution in [-0.2, 0) is 9.53 Å². The number of carbonyl (C=O) groups excluding carboxylic acids is 3. The summed E-state index contributed by atoms with van der Waals surface area (Å²) in [6.07, 6.45) is -1.13. The van der Waals surface area contributed by atoms with E-state index in [0.717, 1.165) is 0 Å². The first-order valence-electron chi connectivity index (χ1n) is 6.06. The summed E-state index contributed by atoms with van der Waals surface area (Å²) in [5.74, 6) is -1.04. The number of hydrogen-bond donors (Lipinski definition) is 3. The van der Waals surface area contributed by atoms with E-state index in [9.17, 15) is 14.4 Å². The molecule has 0 radical (unpaired) electrons. The van der Waals surface area contributed by atoms with Gasteiger partial charge in [0.15, 0.2) is 6.10 Å². The van der Waals surface area contributed by atoms with E-state index in [-0.39, 0.29) is 11.3 Å². The van der Waals surface area contributed by atoms with E-state index in [1.807, 2.05) is 5.32 Å². The van der Waals surface area contributed by atoms with Crippen LogP contribution in [0.5, 0.6) is 5.75 Å². The standard InChI is InChI=1S/C13H17N3O5/c1-7(11(17)16-13(19)15-2)21-12(18)8-4-5-10(20-3)9(14)6-8/h4-7H,14H2,1-3H3,(H2,15,16,17,19). The molecule has 0 aromatic heterocycles. The van der Waals surface area contributed by atoms with Crippen LogP contribution in [0, 0.1) is 0 Å². The first kappa shape index (κ1) is 16.3. The molecule has 0 aliphatic carbocycles. The van der Waals surface area contributed by atoms with Crippen LogP contribution in [0.25, 0.3) is 0 Å². The lowest BCUT2D eigenvalue weighted by Crippen LogP contribution is -2.43. The Morgan fingerprint density at radius 1 is 1.29 bits per heavy atom. The second-order valence-electron chi connectivity index (χ2n) is 4.07. The number of imide groups is 1. The minimum absolute atomic E-state index is 0.174. The summed E-state index contributed by atoms with van der Waals surface area (Å²) >= 11 is 0. The molecule has 3 amide bonds.